The van der Waals surface area contributed by atoms with Crippen LogP contribution in [0, 0.1) is 0 Å². The summed E-state index contributed by atoms with van der Waals surface area (Å²) < 4.78 is 65.7. The van der Waals surface area contributed by atoms with Gasteiger partial charge in [-0.1, -0.05) is 18.2 Å². The number of rotatable bonds is 5. The largest absolute Gasteiger partial charge is 0.416 e. The van der Waals surface area contributed by atoms with Crippen molar-refractivity contribution in [3.63, 3.8) is 0 Å². The minimum absolute atomic E-state index is 0.303. The normalized spacial score (nSPS) is 15.0. The van der Waals surface area contributed by atoms with E-state index in [-0.39, 0.29) is 11.4 Å². The molecule has 4 nitrogen and oxygen atoms in total. The molecule has 0 radical (unpaired) electrons. The van der Waals surface area contributed by atoms with Gasteiger partial charge in [0.05, 0.1) is 10.5 Å². The molecule has 0 aliphatic carbocycles. The van der Waals surface area contributed by atoms with E-state index in [0.29, 0.717) is 17.0 Å². The monoisotopic (exact) mass is 415 g/mol. The van der Waals surface area contributed by atoms with Gasteiger partial charge in [-0.15, -0.1) is 11.3 Å². The van der Waals surface area contributed by atoms with Crippen LogP contribution in [0.15, 0.2) is 59.5 Å². The Morgan fingerprint density at radius 1 is 1.07 bits per heavy atom. The predicted octanol–water partition coefficient (Wildman–Crippen LogP) is 4.11. The van der Waals surface area contributed by atoms with E-state index in [4.69, 9.17) is 0 Å². The van der Waals surface area contributed by atoms with Crippen molar-refractivity contribution in [3.8, 4) is 0 Å². The van der Waals surface area contributed by atoms with Crippen LogP contribution in [0.1, 0.15) is 17.4 Å². The molecular weight excluding hydrogens is 399 g/mol. The quantitative estimate of drug-likeness (QED) is 0.659. The van der Waals surface area contributed by atoms with Crippen LogP contribution in [0.25, 0.3) is 10.1 Å². The van der Waals surface area contributed by atoms with Crippen LogP contribution < -0.4 is 4.72 Å². The van der Waals surface area contributed by atoms with E-state index in [1.807, 2.05) is 24.3 Å². The molecule has 0 aliphatic rings. The molecule has 0 fully saturated rings. The maximum absolute atomic E-state index is 12.6. The van der Waals surface area contributed by atoms with Gasteiger partial charge in [0.25, 0.3) is 0 Å². The number of halogens is 3. The van der Waals surface area contributed by atoms with Crippen molar-refractivity contribution in [1.29, 1.82) is 0 Å². The molecular formula is C18H16F3NO3S2. The second-order valence-electron chi connectivity index (χ2n) is 6.27. The molecule has 1 heterocycles. The molecule has 0 bridgehead atoms. The summed E-state index contributed by atoms with van der Waals surface area (Å²) in [7, 11) is -4.07. The third kappa shape index (κ3) is 4.32. The number of nitrogens with one attached hydrogen (secondary N) is 1. The highest BCUT2D eigenvalue weighted by atomic mass is 32.2. The van der Waals surface area contributed by atoms with Crippen molar-refractivity contribution < 1.29 is 26.7 Å². The van der Waals surface area contributed by atoms with Gasteiger partial charge in [0, 0.05) is 16.1 Å². The van der Waals surface area contributed by atoms with Crippen LogP contribution in [0.5, 0.6) is 0 Å². The fourth-order valence-corrected chi connectivity index (χ4v) is 4.71. The third-order valence-corrected chi connectivity index (χ3v) is 6.84. The van der Waals surface area contributed by atoms with E-state index in [2.05, 4.69) is 4.72 Å². The molecule has 9 heteroatoms. The van der Waals surface area contributed by atoms with Crippen LogP contribution in [0.3, 0.4) is 0 Å². The second-order valence-corrected chi connectivity index (χ2v) is 9.12. The first kappa shape index (κ1) is 19.8. The summed E-state index contributed by atoms with van der Waals surface area (Å²) in [6.07, 6.45) is -4.54. The number of hydrogen-bond donors (Lipinski definition) is 2. The van der Waals surface area contributed by atoms with Crippen LogP contribution in [-0.4, -0.2) is 20.1 Å². The van der Waals surface area contributed by atoms with Gasteiger partial charge < -0.3 is 5.11 Å². The molecule has 3 aromatic rings. The van der Waals surface area contributed by atoms with E-state index in [1.54, 1.807) is 6.07 Å². The van der Waals surface area contributed by atoms with Crippen LogP contribution in [0.4, 0.5) is 13.2 Å². The zero-order chi connectivity index (χ0) is 19.9. The first-order valence-corrected chi connectivity index (χ1v) is 10.2. The SMILES string of the molecule is C[C@](O)(CNS(=O)(=O)c1ccc(C(F)(F)F)cc1)c1cc2ccccc2s1. The minimum atomic E-state index is -4.54. The Morgan fingerprint density at radius 2 is 1.70 bits per heavy atom. The fourth-order valence-electron chi connectivity index (χ4n) is 2.48. The first-order valence-electron chi connectivity index (χ1n) is 7.87. The van der Waals surface area contributed by atoms with Crippen molar-refractivity contribution in [2.24, 2.45) is 0 Å². The summed E-state index contributed by atoms with van der Waals surface area (Å²) in [4.78, 5) is 0.279. The Balaban J connectivity index is 1.77. The highest BCUT2D eigenvalue weighted by Gasteiger charge is 2.31. The smallest absolute Gasteiger partial charge is 0.383 e. The Hall–Kier alpha value is -1.94. The lowest BCUT2D eigenvalue weighted by molar-refractivity contribution is -0.137. The number of hydrogen-bond acceptors (Lipinski definition) is 4. The van der Waals surface area contributed by atoms with Crippen molar-refractivity contribution in [2.45, 2.75) is 23.6 Å². The average Bonchev–Trinajstić information content (AvgIpc) is 3.05. The predicted molar refractivity (Wildman–Crippen MR) is 98.0 cm³/mol. The average molecular weight is 415 g/mol. The molecule has 2 aromatic carbocycles. The zero-order valence-electron chi connectivity index (χ0n) is 14.1. The molecule has 0 saturated heterocycles. The van der Waals surface area contributed by atoms with Gasteiger partial charge in [0.2, 0.25) is 10.0 Å². The number of alkyl halides is 3. The maximum atomic E-state index is 12.6. The van der Waals surface area contributed by atoms with E-state index < -0.39 is 27.4 Å². The van der Waals surface area contributed by atoms with E-state index in [9.17, 15) is 26.7 Å². The number of aliphatic hydroxyl groups is 1. The van der Waals surface area contributed by atoms with Gasteiger partial charge in [-0.05, 0) is 48.7 Å². The maximum Gasteiger partial charge on any atom is 0.416 e. The highest BCUT2D eigenvalue weighted by Crippen LogP contribution is 2.33. The van der Waals surface area contributed by atoms with Crippen LogP contribution in [-0.2, 0) is 21.8 Å². The van der Waals surface area contributed by atoms with E-state index >= 15 is 0 Å². The summed E-state index contributed by atoms with van der Waals surface area (Å²) in [6, 6.07) is 12.5. The van der Waals surface area contributed by atoms with Crippen LogP contribution >= 0.6 is 11.3 Å². The summed E-state index contributed by atoms with van der Waals surface area (Å²) in [5.74, 6) is 0. The number of fused-ring (bicyclic) bond motifs is 1. The van der Waals surface area contributed by atoms with Crippen molar-refractivity contribution in [1.82, 2.24) is 4.72 Å². The first-order chi connectivity index (χ1) is 12.5. The topological polar surface area (TPSA) is 66.4 Å². The Morgan fingerprint density at radius 3 is 2.30 bits per heavy atom. The van der Waals surface area contributed by atoms with Crippen molar-refractivity contribution >= 4 is 31.4 Å². The van der Waals surface area contributed by atoms with Crippen molar-refractivity contribution in [3.05, 3.63) is 65.0 Å². The zero-order valence-corrected chi connectivity index (χ0v) is 15.8. The molecule has 1 aromatic heterocycles. The molecule has 0 saturated carbocycles. The fraction of sp³-hybridized carbons (Fsp3) is 0.222. The summed E-state index contributed by atoms with van der Waals surface area (Å²) in [5.41, 5.74) is -2.40. The summed E-state index contributed by atoms with van der Waals surface area (Å²) >= 11 is 1.35. The molecule has 1 atom stereocenters. The Kier molecular flexibility index (Phi) is 5.06. The lowest BCUT2D eigenvalue weighted by atomic mass is 10.1. The minimum Gasteiger partial charge on any atom is -0.383 e. The molecule has 0 unspecified atom stereocenters. The summed E-state index contributed by atoms with van der Waals surface area (Å²) in [5, 5.41) is 11.6. The van der Waals surface area contributed by atoms with Crippen LogP contribution in [0.2, 0.25) is 0 Å². The number of sulfonamides is 1. The number of thiophene rings is 1. The molecule has 3 rings (SSSR count). The molecule has 144 valence electrons. The Bertz CT molecular complexity index is 1020. The van der Waals surface area contributed by atoms with E-state index in [0.717, 1.165) is 22.2 Å². The lowest BCUT2D eigenvalue weighted by Gasteiger charge is -2.22. The molecule has 2 N–H and O–H groups in total. The third-order valence-electron chi connectivity index (χ3n) is 4.05. The van der Waals surface area contributed by atoms with Gasteiger partial charge in [-0.25, -0.2) is 13.1 Å². The summed E-state index contributed by atoms with van der Waals surface area (Å²) in [6.45, 7) is 1.16. The standard InChI is InChI=1S/C18H16F3NO3S2/c1-17(23,16-10-12-4-2-3-5-15(12)26-16)11-22-27(24,25)14-8-6-13(7-9-14)18(19,20)21/h2-10,22-23H,11H2,1H3/t17-/m0/s1. The molecule has 0 amide bonds. The molecule has 27 heavy (non-hydrogen) atoms. The van der Waals surface area contributed by atoms with Gasteiger partial charge >= 0.3 is 6.18 Å². The van der Waals surface area contributed by atoms with Crippen molar-refractivity contribution in [2.75, 3.05) is 6.54 Å². The highest BCUT2D eigenvalue weighted by molar-refractivity contribution is 7.89. The lowest BCUT2D eigenvalue weighted by Crippen LogP contribution is -2.38. The van der Waals surface area contributed by atoms with Gasteiger partial charge in [-0.2, -0.15) is 13.2 Å². The molecule has 0 spiro atoms. The Labute approximate surface area is 158 Å². The molecule has 0 aliphatic heterocycles. The van der Waals surface area contributed by atoms with Gasteiger partial charge in [0.15, 0.2) is 0 Å². The second kappa shape index (κ2) is 6.90. The van der Waals surface area contributed by atoms with Gasteiger partial charge in [0.1, 0.15) is 5.60 Å². The van der Waals surface area contributed by atoms with Gasteiger partial charge in [-0.3, -0.25) is 0 Å². The van der Waals surface area contributed by atoms with E-state index in [1.165, 1.54) is 18.3 Å². The number of benzene rings is 2.